The van der Waals surface area contributed by atoms with Gasteiger partial charge in [0.05, 0.1) is 18.9 Å². The second-order valence-corrected chi connectivity index (χ2v) is 6.44. The second-order valence-electron chi connectivity index (χ2n) is 6.44. The third-order valence-electron chi connectivity index (χ3n) is 4.50. The Morgan fingerprint density at radius 1 is 1.14 bits per heavy atom. The lowest BCUT2D eigenvalue weighted by molar-refractivity contribution is 0.0629. The van der Waals surface area contributed by atoms with E-state index in [2.05, 4.69) is 24.4 Å². The summed E-state index contributed by atoms with van der Waals surface area (Å²) in [6.45, 7) is 5.59. The van der Waals surface area contributed by atoms with Crippen molar-refractivity contribution >= 4 is 5.69 Å². The van der Waals surface area contributed by atoms with E-state index in [-0.39, 0.29) is 6.10 Å². The molecule has 2 saturated heterocycles. The Bertz CT molecular complexity index is 453. The Labute approximate surface area is 133 Å². The van der Waals surface area contributed by atoms with Gasteiger partial charge in [0, 0.05) is 25.7 Å². The highest BCUT2D eigenvalue weighted by atomic mass is 16.5. The van der Waals surface area contributed by atoms with Gasteiger partial charge in [-0.2, -0.15) is 0 Å². The number of anilines is 1. The van der Waals surface area contributed by atoms with Crippen molar-refractivity contribution in [1.82, 2.24) is 0 Å². The lowest BCUT2D eigenvalue weighted by atomic mass is 9.93. The van der Waals surface area contributed by atoms with Crippen LogP contribution in [0.15, 0.2) is 24.3 Å². The molecule has 2 heterocycles. The zero-order chi connectivity index (χ0) is 15.2. The van der Waals surface area contributed by atoms with Crippen LogP contribution in [-0.2, 0) is 9.47 Å². The van der Waals surface area contributed by atoms with Crippen molar-refractivity contribution in [2.45, 2.75) is 44.8 Å². The summed E-state index contributed by atoms with van der Waals surface area (Å²) in [5.41, 5.74) is 1.09. The first kappa shape index (κ1) is 15.6. The molecule has 2 aliphatic rings. The number of hydrogen-bond acceptors (Lipinski definition) is 4. The number of para-hydroxylation sites is 2. The number of ether oxygens (including phenoxy) is 3. The van der Waals surface area contributed by atoms with Gasteiger partial charge in [0.25, 0.3) is 0 Å². The fraction of sp³-hybridized carbons (Fsp3) is 0.667. The Balaban J connectivity index is 1.56. The summed E-state index contributed by atoms with van der Waals surface area (Å²) in [7, 11) is 0. The van der Waals surface area contributed by atoms with Gasteiger partial charge in [0.2, 0.25) is 0 Å². The average Bonchev–Trinajstić information content (AvgIpc) is 3.03. The Hall–Kier alpha value is -1.26. The van der Waals surface area contributed by atoms with E-state index in [0.29, 0.717) is 12.6 Å². The molecule has 0 spiro atoms. The lowest BCUT2D eigenvalue weighted by Gasteiger charge is -2.26. The molecule has 0 unspecified atom stereocenters. The van der Waals surface area contributed by atoms with Gasteiger partial charge in [0.15, 0.2) is 0 Å². The van der Waals surface area contributed by atoms with E-state index in [9.17, 15) is 0 Å². The molecule has 0 bridgehead atoms. The Morgan fingerprint density at radius 2 is 1.91 bits per heavy atom. The quantitative estimate of drug-likeness (QED) is 0.873. The van der Waals surface area contributed by atoms with Crippen LogP contribution in [0.1, 0.15) is 32.6 Å². The zero-order valence-electron chi connectivity index (χ0n) is 13.4. The molecule has 1 N–H and O–H groups in total. The molecule has 2 aliphatic heterocycles. The molecular formula is C18H27NO3. The van der Waals surface area contributed by atoms with Crippen LogP contribution in [0.3, 0.4) is 0 Å². The van der Waals surface area contributed by atoms with Crippen molar-refractivity contribution in [2.75, 3.05) is 31.7 Å². The van der Waals surface area contributed by atoms with E-state index in [1.54, 1.807) is 0 Å². The fourth-order valence-electron chi connectivity index (χ4n) is 3.28. The SMILES string of the molecule is C[C@@H](CC1CCOCC1)Nc1ccccc1O[C@@H]1CCOC1. The number of nitrogens with one attached hydrogen (secondary N) is 1. The van der Waals surface area contributed by atoms with Gasteiger partial charge in [-0.15, -0.1) is 0 Å². The van der Waals surface area contributed by atoms with Crippen LogP contribution < -0.4 is 10.1 Å². The van der Waals surface area contributed by atoms with Gasteiger partial charge >= 0.3 is 0 Å². The third kappa shape index (κ3) is 4.37. The minimum absolute atomic E-state index is 0.189. The van der Waals surface area contributed by atoms with Crippen LogP contribution in [0, 0.1) is 5.92 Å². The monoisotopic (exact) mass is 305 g/mol. The smallest absolute Gasteiger partial charge is 0.142 e. The maximum atomic E-state index is 6.09. The second kappa shape index (κ2) is 7.84. The molecule has 0 amide bonds. The molecule has 4 heteroatoms. The van der Waals surface area contributed by atoms with Crippen molar-refractivity contribution in [3.05, 3.63) is 24.3 Å². The van der Waals surface area contributed by atoms with Crippen molar-refractivity contribution in [1.29, 1.82) is 0 Å². The molecule has 0 aliphatic carbocycles. The van der Waals surface area contributed by atoms with Crippen molar-refractivity contribution in [3.8, 4) is 5.75 Å². The topological polar surface area (TPSA) is 39.7 Å². The van der Waals surface area contributed by atoms with Crippen LogP contribution in [0.4, 0.5) is 5.69 Å². The minimum atomic E-state index is 0.189. The van der Waals surface area contributed by atoms with E-state index < -0.39 is 0 Å². The van der Waals surface area contributed by atoms with Crippen molar-refractivity contribution in [2.24, 2.45) is 5.92 Å². The Morgan fingerprint density at radius 3 is 2.68 bits per heavy atom. The van der Waals surface area contributed by atoms with Gasteiger partial charge in [-0.1, -0.05) is 12.1 Å². The van der Waals surface area contributed by atoms with E-state index in [1.807, 2.05) is 12.1 Å². The van der Waals surface area contributed by atoms with Gasteiger partial charge in [-0.05, 0) is 44.2 Å². The first-order valence-corrected chi connectivity index (χ1v) is 8.49. The van der Waals surface area contributed by atoms with Gasteiger partial charge in [0.1, 0.15) is 11.9 Å². The first-order chi connectivity index (χ1) is 10.8. The lowest BCUT2D eigenvalue weighted by Crippen LogP contribution is -2.24. The molecule has 3 rings (SSSR count). The largest absolute Gasteiger partial charge is 0.486 e. The van der Waals surface area contributed by atoms with E-state index >= 15 is 0 Å². The molecule has 2 atom stereocenters. The van der Waals surface area contributed by atoms with Crippen LogP contribution in [0.25, 0.3) is 0 Å². The maximum absolute atomic E-state index is 6.09. The summed E-state index contributed by atoms with van der Waals surface area (Å²) in [4.78, 5) is 0. The van der Waals surface area contributed by atoms with Gasteiger partial charge in [-0.25, -0.2) is 0 Å². The summed E-state index contributed by atoms with van der Waals surface area (Å²) < 4.78 is 16.9. The molecule has 0 radical (unpaired) electrons. The minimum Gasteiger partial charge on any atom is -0.486 e. The van der Waals surface area contributed by atoms with Gasteiger partial charge < -0.3 is 19.5 Å². The molecule has 2 fully saturated rings. The highest BCUT2D eigenvalue weighted by Gasteiger charge is 2.20. The Kier molecular flexibility index (Phi) is 5.57. The number of rotatable bonds is 6. The normalized spacial score (nSPS) is 24.1. The molecule has 22 heavy (non-hydrogen) atoms. The van der Waals surface area contributed by atoms with E-state index in [1.165, 1.54) is 19.3 Å². The number of benzene rings is 1. The molecular weight excluding hydrogens is 278 g/mol. The van der Waals surface area contributed by atoms with Crippen LogP contribution in [0.5, 0.6) is 5.75 Å². The van der Waals surface area contributed by atoms with Crippen LogP contribution in [-0.4, -0.2) is 38.6 Å². The third-order valence-corrected chi connectivity index (χ3v) is 4.50. The molecule has 1 aromatic carbocycles. The summed E-state index contributed by atoms with van der Waals surface area (Å²) in [5.74, 6) is 1.71. The standard InChI is InChI=1S/C18H27NO3/c1-14(12-15-6-9-20-10-7-15)19-17-4-2-3-5-18(17)22-16-8-11-21-13-16/h2-5,14-16,19H,6-13H2,1H3/t14-,16+/m0/s1. The molecule has 0 aromatic heterocycles. The van der Waals surface area contributed by atoms with Crippen molar-refractivity contribution < 1.29 is 14.2 Å². The van der Waals surface area contributed by atoms with Crippen molar-refractivity contribution in [3.63, 3.8) is 0 Å². The predicted molar refractivity (Wildman–Crippen MR) is 87.5 cm³/mol. The summed E-state index contributed by atoms with van der Waals surface area (Å²) in [6.07, 6.45) is 4.72. The fourth-order valence-corrected chi connectivity index (χ4v) is 3.28. The van der Waals surface area contributed by atoms with Crippen LogP contribution in [0.2, 0.25) is 0 Å². The van der Waals surface area contributed by atoms with E-state index in [4.69, 9.17) is 14.2 Å². The molecule has 122 valence electrons. The zero-order valence-corrected chi connectivity index (χ0v) is 13.4. The molecule has 4 nitrogen and oxygen atoms in total. The predicted octanol–water partition coefficient (Wildman–Crippen LogP) is 3.47. The summed E-state index contributed by atoms with van der Waals surface area (Å²) in [5, 5.41) is 3.63. The molecule has 1 aromatic rings. The first-order valence-electron chi connectivity index (χ1n) is 8.49. The average molecular weight is 305 g/mol. The molecule has 0 saturated carbocycles. The highest BCUT2D eigenvalue weighted by Crippen LogP contribution is 2.29. The summed E-state index contributed by atoms with van der Waals surface area (Å²) >= 11 is 0. The maximum Gasteiger partial charge on any atom is 0.142 e. The highest BCUT2D eigenvalue weighted by molar-refractivity contribution is 5.56. The van der Waals surface area contributed by atoms with Gasteiger partial charge in [-0.3, -0.25) is 0 Å². The van der Waals surface area contributed by atoms with Crippen LogP contribution >= 0.6 is 0 Å². The summed E-state index contributed by atoms with van der Waals surface area (Å²) in [6, 6.07) is 8.67. The van der Waals surface area contributed by atoms with E-state index in [0.717, 1.165) is 43.6 Å². The number of hydrogen-bond donors (Lipinski definition) is 1.